The van der Waals surface area contributed by atoms with Crippen LogP contribution in [-0.2, 0) is 31.6 Å². The Bertz CT molecular complexity index is 660. The van der Waals surface area contributed by atoms with Gasteiger partial charge in [0.2, 0.25) is 0 Å². The Morgan fingerprint density at radius 3 is 1.80 bits per heavy atom. The molecule has 0 aliphatic heterocycles. The summed E-state index contributed by atoms with van der Waals surface area (Å²) in [7, 11) is -3.65. The lowest BCUT2D eigenvalue weighted by Crippen LogP contribution is -2.16. The fourth-order valence-electron chi connectivity index (χ4n) is 2.06. The molecule has 134 valence electrons. The van der Waals surface area contributed by atoms with Crippen molar-refractivity contribution in [3.8, 4) is 0 Å². The average Bonchev–Trinajstić information content (AvgIpc) is 2.65. The Morgan fingerprint density at radius 1 is 0.960 bits per heavy atom. The Morgan fingerprint density at radius 2 is 1.40 bits per heavy atom. The molecule has 0 radical (unpaired) electrons. The maximum absolute atomic E-state index is 13.4. The Hall–Kier alpha value is -2.01. The van der Waals surface area contributed by atoms with E-state index in [1.54, 1.807) is 24.3 Å². The minimum Gasteiger partial charge on any atom is -0.479 e. The first kappa shape index (κ1) is 19.3. The van der Waals surface area contributed by atoms with Gasteiger partial charge in [-0.05, 0) is 11.1 Å². The van der Waals surface area contributed by atoms with Gasteiger partial charge in [0.25, 0.3) is 0 Å². The molecule has 1 N–H and O–H groups in total. The normalized spacial score (nSPS) is 12.7. The van der Waals surface area contributed by atoms with Crippen LogP contribution in [0, 0.1) is 0 Å². The minimum absolute atomic E-state index is 0.0386. The fraction of sp³-hybridized carbons (Fsp3) is 0.278. The van der Waals surface area contributed by atoms with E-state index < -0.39 is 26.2 Å². The van der Waals surface area contributed by atoms with Crippen LogP contribution < -0.4 is 0 Å². The zero-order chi connectivity index (χ0) is 18.1. The smallest absolute Gasteiger partial charge is 0.338 e. The molecule has 0 spiro atoms. The largest absolute Gasteiger partial charge is 0.479 e. The van der Waals surface area contributed by atoms with Gasteiger partial charge in [-0.2, -0.15) is 0 Å². The van der Waals surface area contributed by atoms with E-state index in [0.29, 0.717) is 0 Å². The SMILES string of the molecule is O=C(O)[C@H](F)CCP(=O)(OCc1ccccc1)OCc1ccccc1. The number of alkyl halides is 1. The molecule has 0 heterocycles. The van der Waals surface area contributed by atoms with Crippen LogP contribution in [0.3, 0.4) is 0 Å². The first-order chi connectivity index (χ1) is 12.0. The third-order valence-corrected chi connectivity index (χ3v) is 5.32. The highest BCUT2D eigenvalue weighted by atomic mass is 31.2. The molecular formula is C18H20FO5P. The maximum Gasteiger partial charge on any atom is 0.338 e. The summed E-state index contributed by atoms with van der Waals surface area (Å²) in [6, 6.07) is 18.2. The van der Waals surface area contributed by atoms with Crippen LogP contribution in [-0.4, -0.2) is 23.4 Å². The quantitative estimate of drug-likeness (QED) is 0.630. The number of hydrogen-bond donors (Lipinski definition) is 1. The third-order valence-electron chi connectivity index (χ3n) is 3.47. The van der Waals surface area contributed by atoms with Gasteiger partial charge in [0, 0.05) is 6.42 Å². The minimum atomic E-state index is -3.65. The molecule has 0 bridgehead atoms. The molecule has 7 heteroatoms. The molecular weight excluding hydrogens is 346 g/mol. The van der Waals surface area contributed by atoms with Gasteiger partial charge in [-0.15, -0.1) is 0 Å². The molecule has 0 aromatic heterocycles. The molecule has 0 fully saturated rings. The summed E-state index contributed by atoms with van der Waals surface area (Å²) < 4.78 is 37.1. The average molecular weight is 366 g/mol. The molecule has 0 saturated heterocycles. The summed E-state index contributed by atoms with van der Waals surface area (Å²) in [4.78, 5) is 10.6. The van der Waals surface area contributed by atoms with E-state index >= 15 is 0 Å². The predicted octanol–water partition coefficient (Wildman–Crippen LogP) is 4.43. The van der Waals surface area contributed by atoms with Gasteiger partial charge in [0.15, 0.2) is 6.17 Å². The summed E-state index contributed by atoms with van der Waals surface area (Å²) in [6.07, 6.45) is -2.84. The van der Waals surface area contributed by atoms with Crippen molar-refractivity contribution >= 4 is 13.6 Å². The molecule has 25 heavy (non-hydrogen) atoms. The molecule has 1 atom stereocenters. The second-order valence-electron chi connectivity index (χ2n) is 5.45. The van der Waals surface area contributed by atoms with Crippen molar-refractivity contribution in [2.45, 2.75) is 25.8 Å². The molecule has 0 saturated carbocycles. The van der Waals surface area contributed by atoms with Crippen molar-refractivity contribution in [1.29, 1.82) is 0 Å². The number of benzene rings is 2. The monoisotopic (exact) mass is 366 g/mol. The van der Waals surface area contributed by atoms with Crippen molar-refractivity contribution in [2.24, 2.45) is 0 Å². The van der Waals surface area contributed by atoms with Crippen LogP contribution in [0.25, 0.3) is 0 Å². The van der Waals surface area contributed by atoms with E-state index in [0.717, 1.165) is 11.1 Å². The Kier molecular flexibility index (Phi) is 7.31. The van der Waals surface area contributed by atoms with Crippen molar-refractivity contribution in [2.75, 3.05) is 6.16 Å². The highest BCUT2D eigenvalue weighted by Crippen LogP contribution is 2.50. The van der Waals surface area contributed by atoms with E-state index in [9.17, 15) is 13.8 Å². The highest BCUT2D eigenvalue weighted by molar-refractivity contribution is 7.53. The second kappa shape index (κ2) is 9.47. The van der Waals surface area contributed by atoms with E-state index in [1.807, 2.05) is 36.4 Å². The van der Waals surface area contributed by atoms with Crippen molar-refractivity contribution < 1.29 is 27.9 Å². The van der Waals surface area contributed by atoms with Crippen molar-refractivity contribution in [1.82, 2.24) is 0 Å². The lowest BCUT2D eigenvalue weighted by molar-refractivity contribution is -0.142. The van der Waals surface area contributed by atoms with Gasteiger partial charge < -0.3 is 14.2 Å². The molecule has 2 rings (SSSR count). The Balaban J connectivity index is 2.01. The molecule has 0 amide bonds. The topological polar surface area (TPSA) is 72.8 Å². The van der Waals surface area contributed by atoms with Crippen LogP contribution in [0.2, 0.25) is 0 Å². The summed E-state index contributed by atoms with van der Waals surface area (Å²) in [5.41, 5.74) is 1.59. The van der Waals surface area contributed by atoms with Gasteiger partial charge in [-0.25, -0.2) is 9.18 Å². The van der Waals surface area contributed by atoms with Crippen LogP contribution in [0.5, 0.6) is 0 Å². The predicted molar refractivity (Wildman–Crippen MR) is 92.1 cm³/mol. The zero-order valence-corrected chi connectivity index (χ0v) is 14.5. The maximum atomic E-state index is 13.4. The van der Waals surface area contributed by atoms with E-state index in [2.05, 4.69) is 0 Å². The summed E-state index contributed by atoms with van der Waals surface area (Å²) in [5, 5.41) is 8.65. The lowest BCUT2D eigenvalue weighted by Gasteiger charge is -2.19. The molecule has 5 nitrogen and oxygen atoms in total. The molecule has 2 aromatic carbocycles. The summed E-state index contributed by atoms with van der Waals surface area (Å²) in [5.74, 6) is -1.59. The summed E-state index contributed by atoms with van der Waals surface area (Å²) >= 11 is 0. The van der Waals surface area contributed by atoms with Gasteiger partial charge in [-0.3, -0.25) is 4.57 Å². The molecule has 2 aromatic rings. The van der Waals surface area contributed by atoms with Gasteiger partial charge in [0.05, 0.1) is 19.4 Å². The molecule has 0 unspecified atom stereocenters. The molecule has 0 aliphatic carbocycles. The number of aliphatic carboxylic acids is 1. The van der Waals surface area contributed by atoms with Crippen molar-refractivity contribution in [3.63, 3.8) is 0 Å². The van der Waals surface area contributed by atoms with Crippen LogP contribution in [0.1, 0.15) is 17.5 Å². The standard InChI is InChI=1S/C18H20FO5P/c19-17(18(20)21)11-12-25(22,23-13-15-7-3-1-4-8-15)24-14-16-9-5-2-6-10-16/h1-10,17H,11-14H2,(H,20,21)/t17-/m1/s1. The highest BCUT2D eigenvalue weighted by Gasteiger charge is 2.28. The number of carbonyl (C=O) groups is 1. The fourth-order valence-corrected chi connectivity index (χ4v) is 3.62. The summed E-state index contributed by atoms with van der Waals surface area (Å²) in [6.45, 7) is 0.0772. The van der Waals surface area contributed by atoms with Gasteiger partial charge in [0.1, 0.15) is 0 Å². The first-order valence-electron chi connectivity index (χ1n) is 7.81. The van der Waals surface area contributed by atoms with E-state index in [4.69, 9.17) is 14.2 Å². The van der Waals surface area contributed by atoms with Gasteiger partial charge >= 0.3 is 13.6 Å². The van der Waals surface area contributed by atoms with Gasteiger partial charge in [-0.1, -0.05) is 60.7 Å². The number of carboxylic acid groups (broad SMARTS) is 1. The second-order valence-corrected chi connectivity index (χ2v) is 7.63. The lowest BCUT2D eigenvalue weighted by atomic mass is 10.2. The van der Waals surface area contributed by atoms with E-state index in [1.165, 1.54) is 0 Å². The number of carboxylic acids is 1. The van der Waals surface area contributed by atoms with Crippen LogP contribution in [0.4, 0.5) is 4.39 Å². The number of rotatable bonds is 10. The number of halogens is 1. The van der Waals surface area contributed by atoms with Crippen molar-refractivity contribution in [3.05, 3.63) is 71.8 Å². The van der Waals surface area contributed by atoms with Crippen LogP contribution in [0.15, 0.2) is 60.7 Å². The zero-order valence-electron chi connectivity index (χ0n) is 13.6. The van der Waals surface area contributed by atoms with E-state index in [-0.39, 0.29) is 19.4 Å². The Labute approximate surface area is 145 Å². The third kappa shape index (κ3) is 6.78. The van der Waals surface area contributed by atoms with Crippen LogP contribution >= 0.6 is 7.60 Å². The number of hydrogen-bond acceptors (Lipinski definition) is 4. The first-order valence-corrected chi connectivity index (χ1v) is 9.54. The molecule has 0 aliphatic rings.